The van der Waals surface area contributed by atoms with Crippen LogP contribution in [0.15, 0.2) is 29.4 Å². The van der Waals surface area contributed by atoms with Crippen molar-refractivity contribution in [3.63, 3.8) is 0 Å². The molecule has 0 amide bonds. The molecular formula is C7H4N3O2. The second-order valence-electron chi connectivity index (χ2n) is 1.87. The van der Waals surface area contributed by atoms with E-state index in [4.69, 9.17) is 5.53 Å². The number of ether oxygens (including phenoxy) is 1. The van der Waals surface area contributed by atoms with Crippen molar-refractivity contribution in [2.24, 2.45) is 5.11 Å². The fraction of sp³-hybridized carbons (Fsp3) is 0. The minimum absolute atomic E-state index is 0.363. The lowest BCUT2D eigenvalue weighted by Crippen LogP contribution is -1.86. The molecule has 0 unspecified atom stereocenters. The van der Waals surface area contributed by atoms with Gasteiger partial charge < -0.3 is 4.74 Å². The molecule has 5 heteroatoms. The summed E-state index contributed by atoms with van der Waals surface area (Å²) in [6.07, 6.45) is 0. The van der Waals surface area contributed by atoms with Gasteiger partial charge in [-0.25, -0.2) is 4.79 Å². The van der Waals surface area contributed by atoms with Crippen molar-refractivity contribution in [2.75, 3.05) is 0 Å². The van der Waals surface area contributed by atoms with Crippen molar-refractivity contribution < 1.29 is 9.53 Å². The first-order valence-corrected chi connectivity index (χ1v) is 3.06. The molecule has 0 aromatic heterocycles. The summed E-state index contributed by atoms with van der Waals surface area (Å²) in [4.78, 5) is 12.3. The first kappa shape index (κ1) is 8.10. The van der Waals surface area contributed by atoms with Gasteiger partial charge in [0.15, 0.2) is 0 Å². The van der Waals surface area contributed by atoms with Crippen LogP contribution in [-0.4, -0.2) is 6.47 Å². The zero-order chi connectivity index (χ0) is 8.81. The molecule has 5 nitrogen and oxygen atoms in total. The van der Waals surface area contributed by atoms with Crippen LogP contribution in [0.25, 0.3) is 10.4 Å². The van der Waals surface area contributed by atoms with Crippen molar-refractivity contribution in [2.45, 2.75) is 0 Å². The molecule has 0 fully saturated rings. The third-order valence-electron chi connectivity index (χ3n) is 1.16. The van der Waals surface area contributed by atoms with E-state index in [1.54, 1.807) is 0 Å². The molecule has 1 rings (SSSR count). The van der Waals surface area contributed by atoms with E-state index in [0.717, 1.165) is 0 Å². The molecular weight excluding hydrogens is 158 g/mol. The van der Waals surface area contributed by atoms with E-state index >= 15 is 0 Å². The molecule has 0 spiro atoms. The summed E-state index contributed by atoms with van der Waals surface area (Å²) in [6, 6.07) is 6.09. The summed E-state index contributed by atoms with van der Waals surface area (Å²) in [7, 11) is 0. The number of nitrogens with zero attached hydrogens (tertiary/aromatic N) is 3. The van der Waals surface area contributed by atoms with E-state index in [9.17, 15) is 4.79 Å². The highest BCUT2D eigenvalue weighted by molar-refractivity contribution is 5.48. The molecule has 0 N–H and O–H groups in total. The lowest BCUT2D eigenvalue weighted by atomic mass is 10.3. The van der Waals surface area contributed by atoms with Gasteiger partial charge in [0.2, 0.25) is 0 Å². The molecule has 0 aliphatic rings. The van der Waals surface area contributed by atoms with E-state index in [1.807, 2.05) is 0 Å². The summed E-state index contributed by atoms with van der Waals surface area (Å²) >= 11 is 0. The Balaban J connectivity index is 2.84. The smallest absolute Gasteiger partial charge is 0.418 e. The van der Waals surface area contributed by atoms with Crippen LogP contribution in [0, 0.1) is 0 Å². The molecule has 0 aliphatic heterocycles. The minimum atomic E-state index is 0.363. The molecule has 0 heterocycles. The second kappa shape index (κ2) is 4.00. The summed E-state index contributed by atoms with van der Waals surface area (Å²) in [5.41, 5.74) is 8.53. The van der Waals surface area contributed by atoms with Gasteiger partial charge in [0.25, 0.3) is 0 Å². The summed E-state index contributed by atoms with van der Waals surface area (Å²) < 4.78 is 4.40. The third-order valence-corrected chi connectivity index (χ3v) is 1.16. The van der Waals surface area contributed by atoms with Gasteiger partial charge in [0, 0.05) is 10.6 Å². The minimum Gasteiger partial charge on any atom is -0.418 e. The maximum Gasteiger partial charge on any atom is 0.423 e. The van der Waals surface area contributed by atoms with Crippen LogP contribution in [-0.2, 0) is 4.79 Å². The average Bonchev–Trinajstić information content (AvgIpc) is 2.09. The van der Waals surface area contributed by atoms with Crippen LogP contribution in [0.2, 0.25) is 0 Å². The highest BCUT2D eigenvalue weighted by atomic mass is 16.5. The van der Waals surface area contributed by atoms with Crippen LogP contribution >= 0.6 is 0 Å². The van der Waals surface area contributed by atoms with E-state index in [-0.39, 0.29) is 0 Å². The molecule has 0 saturated carbocycles. The number of azide groups is 1. The fourth-order valence-electron chi connectivity index (χ4n) is 0.681. The SMILES string of the molecule is [N-]=[N+]=Nc1ccc(O[C]=O)cc1. The van der Waals surface area contributed by atoms with Gasteiger partial charge in [-0.05, 0) is 29.8 Å². The monoisotopic (exact) mass is 162 g/mol. The zero-order valence-corrected chi connectivity index (χ0v) is 5.97. The molecule has 0 bridgehead atoms. The van der Waals surface area contributed by atoms with Crippen LogP contribution in [0.5, 0.6) is 5.75 Å². The molecule has 1 aromatic rings. The third kappa shape index (κ3) is 2.00. The lowest BCUT2D eigenvalue weighted by Gasteiger charge is -1.94. The van der Waals surface area contributed by atoms with Crippen LogP contribution in [0.3, 0.4) is 0 Å². The van der Waals surface area contributed by atoms with Gasteiger partial charge in [0.05, 0.1) is 0 Å². The van der Waals surface area contributed by atoms with Crippen LogP contribution < -0.4 is 4.74 Å². The molecule has 0 atom stereocenters. The lowest BCUT2D eigenvalue weighted by molar-refractivity contribution is 0.443. The van der Waals surface area contributed by atoms with Crippen LogP contribution in [0.4, 0.5) is 5.69 Å². The van der Waals surface area contributed by atoms with Gasteiger partial charge in [-0.2, -0.15) is 0 Å². The van der Waals surface area contributed by atoms with E-state index < -0.39 is 0 Å². The summed E-state index contributed by atoms with van der Waals surface area (Å²) in [5, 5.41) is 3.33. The van der Waals surface area contributed by atoms with Crippen molar-refractivity contribution in [1.82, 2.24) is 0 Å². The standard InChI is InChI=1S/C7H4N3O2/c8-10-9-6-1-3-7(4-2-6)12-5-11/h1-4H. The largest absolute Gasteiger partial charge is 0.423 e. The topological polar surface area (TPSA) is 75.1 Å². The number of hydrogen-bond acceptors (Lipinski definition) is 3. The van der Waals surface area contributed by atoms with Gasteiger partial charge in [-0.3, -0.25) is 0 Å². The average molecular weight is 162 g/mol. The van der Waals surface area contributed by atoms with Gasteiger partial charge >= 0.3 is 6.47 Å². The Bertz CT molecular complexity index is 314. The quantitative estimate of drug-likeness (QED) is 0.387. The molecule has 59 valence electrons. The van der Waals surface area contributed by atoms with Gasteiger partial charge in [-0.15, -0.1) is 0 Å². The molecule has 12 heavy (non-hydrogen) atoms. The van der Waals surface area contributed by atoms with E-state index in [1.165, 1.54) is 30.7 Å². The van der Waals surface area contributed by atoms with Gasteiger partial charge in [0.1, 0.15) is 5.75 Å². The maximum absolute atomic E-state index is 9.76. The van der Waals surface area contributed by atoms with E-state index in [0.29, 0.717) is 11.4 Å². The zero-order valence-electron chi connectivity index (χ0n) is 5.97. The predicted molar refractivity (Wildman–Crippen MR) is 41.6 cm³/mol. The second-order valence-corrected chi connectivity index (χ2v) is 1.87. The Morgan fingerprint density at radius 2 is 2.08 bits per heavy atom. The number of hydrogen-bond donors (Lipinski definition) is 0. The Hall–Kier alpha value is -2.00. The fourth-order valence-corrected chi connectivity index (χ4v) is 0.681. The number of benzene rings is 1. The Kier molecular flexibility index (Phi) is 2.70. The molecule has 0 aliphatic carbocycles. The Morgan fingerprint density at radius 1 is 1.42 bits per heavy atom. The first-order chi connectivity index (χ1) is 5.86. The first-order valence-electron chi connectivity index (χ1n) is 3.06. The normalized spacial score (nSPS) is 8.33. The highest BCUT2D eigenvalue weighted by Gasteiger charge is 1.91. The predicted octanol–water partition coefficient (Wildman–Crippen LogP) is 2.07. The Morgan fingerprint density at radius 3 is 2.58 bits per heavy atom. The maximum atomic E-state index is 9.76. The number of rotatable bonds is 3. The highest BCUT2D eigenvalue weighted by Crippen LogP contribution is 2.17. The van der Waals surface area contributed by atoms with Gasteiger partial charge in [-0.1, -0.05) is 5.11 Å². The van der Waals surface area contributed by atoms with Crippen LogP contribution in [0.1, 0.15) is 0 Å². The molecule has 0 saturated heterocycles. The number of carbonyl (C=O) groups excluding carboxylic acids is 1. The van der Waals surface area contributed by atoms with Crippen molar-refractivity contribution in [3.05, 3.63) is 34.7 Å². The summed E-state index contributed by atoms with van der Waals surface area (Å²) in [5.74, 6) is 0.363. The van der Waals surface area contributed by atoms with Crippen molar-refractivity contribution in [1.29, 1.82) is 0 Å². The molecule has 1 aromatic carbocycles. The Labute approximate surface area is 68.2 Å². The molecule has 1 radical (unpaired) electrons. The summed E-state index contributed by atoms with van der Waals surface area (Å²) in [6.45, 7) is 1.28. The van der Waals surface area contributed by atoms with E-state index in [2.05, 4.69) is 14.8 Å². The van der Waals surface area contributed by atoms with Crippen molar-refractivity contribution in [3.8, 4) is 5.75 Å². The van der Waals surface area contributed by atoms with Crippen molar-refractivity contribution >= 4 is 12.2 Å².